The molecule has 0 fully saturated rings. The van der Waals surface area contributed by atoms with E-state index in [0.717, 1.165) is 25.8 Å². The molecule has 1 amide bonds. The van der Waals surface area contributed by atoms with Crippen LogP contribution in [0.15, 0.2) is 53.5 Å². The molecule has 0 unspecified atom stereocenters. The second-order valence-corrected chi connectivity index (χ2v) is 6.34. The number of para-hydroxylation sites is 1. The van der Waals surface area contributed by atoms with Crippen LogP contribution in [0.5, 0.6) is 5.75 Å². The highest BCUT2D eigenvalue weighted by molar-refractivity contribution is 7.24. The van der Waals surface area contributed by atoms with Gasteiger partial charge in [0, 0.05) is 18.4 Å². The summed E-state index contributed by atoms with van der Waals surface area (Å²) in [5, 5.41) is 12.3. The summed E-state index contributed by atoms with van der Waals surface area (Å²) >= 11 is 1.58. The first kappa shape index (κ1) is 13.8. The van der Waals surface area contributed by atoms with E-state index in [0.29, 0.717) is 10.7 Å². The van der Waals surface area contributed by atoms with Crippen LogP contribution in [-0.2, 0) is 4.79 Å². The third-order valence-electron chi connectivity index (χ3n) is 3.65. The van der Waals surface area contributed by atoms with E-state index in [1.54, 1.807) is 23.5 Å². The fraction of sp³-hybridized carbons (Fsp3) is 0.0556. The van der Waals surface area contributed by atoms with Crippen LogP contribution in [0.3, 0.4) is 0 Å². The number of phenolic OH excluding ortho intramolecular Hbond substituents is 1. The summed E-state index contributed by atoms with van der Waals surface area (Å²) in [5.41, 5.74) is 1.72. The van der Waals surface area contributed by atoms with Crippen LogP contribution in [0.4, 0.5) is 0 Å². The highest BCUT2D eigenvalue weighted by Gasteiger charge is 2.11. The molecule has 4 nitrogen and oxygen atoms in total. The van der Waals surface area contributed by atoms with Gasteiger partial charge >= 0.3 is 0 Å². The number of amides is 1. The minimum atomic E-state index is -0.300. The molecule has 0 spiro atoms. The van der Waals surface area contributed by atoms with Crippen LogP contribution in [0.25, 0.3) is 31.2 Å². The van der Waals surface area contributed by atoms with Crippen LogP contribution in [0, 0.1) is 0 Å². The van der Waals surface area contributed by atoms with Gasteiger partial charge in [-0.05, 0) is 18.2 Å². The van der Waals surface area contributed by atoms with E-state index in [2.05, 4.69) is 4.99 Å². The molecule has 0 aliphatic rings. The molecule has 1 N–H and O–H groups in total. The maximum atomic E-state index is 11.3. The van der Waals surface area contributed by atoms with Crippen molar-refractivity contribution in [2.24, 2.45) is 4.99 Å². The molecular formula is C18H12N2O2S. The summed E-state index contributed by atoms with van der Waals surface area (Å²) in [6.07, 6.45) is 0. The van der Waals surface area contributed by atoms with Gasteiger partial charge in [-0.3, -0.25) is 4.79 Å². The molecule has 0 radical (unpaired) electrons. The van der Waals surface area contributed by atoms with Gasteiger partial charge in [-0.1, -0.05) is 24.3 Å². The Morgan fingerprint density at radius 3 is 2.78 bits per heavy atom. The first-order valence-corrected chi connectivity index (χ1v) is 7.95. The zero-order chi connectivity index (χ0) is 16.0. The van der Waals surface area contributed by atoms with Crippen molar-refractivity contribution in [2.75, 3.05) is 0 Å². The minimum Gasteiger partial charge on any atom is -0.507 e. The first-order chi connectivity index (χ1) is 11.1. The van der Waals surface area contributed by atoms with Crippen LogP contribution in [-0.4, -0.2) is 16.0 Å². The highest BCUT2D eigenvalue weighted by atomic mass is 32.1. The summed E-state index contributed by atoms with van der Waals surface area (Å²) in [6, 6.07) is 15.0. The van der Waals surface area contributed by atoms with Crippen molar-refractivity contribution in [3.63, 3.8) is 0 Å². The molecule has 4 aromatic rings. The van der Waals surface area contributed by atoms with E-state index >= 15 is 0 Å². The minimum absolute atomic E-state index is 0.112. The predicted octanol–water partition coefficient (Wildman–Crippen LogP) is 3.76. The monoisotopic (exact) mass is 320 g/mol. The number of carbonyl (C=O) groups is 1. The second-order valence-electron chi connectivity index (χ2n) is 5.25. The SMILES string of the molecule is CC(=O)N=c1cccc2c1c(O)cc1sc3ccccc3nc12. The Bertz CT molecular complexity index is 1160. The molecule has 3 aromatic carbocycles. The molecule has 0 aliphatic heterocycles. The predicted molar refractivity (Wildman–Crippen MR) is 92.5 cm³/mol. The zero-order valence-electron chi connectivity index (χ0n) is 12.3. The van der Waals surface area contributed by atoms with E-state index in [1.165, 1.54) is 6.92 Å². The molecule has 23 heavy (non-hydrogen) atoms. The number of aromatic nitrogens is 1. The van der Waals surface area contributed by atoms with E-state index in [4.69, 9.17) is 4.98 Å². The Balaban J connectivity index is 2.24. The van der Waals surface area contributed by atoms with Crippen molar-refractivity contribution in [2.45, 2.75) is 6.92 Å². The van der Waals surface area contributed by atoms with Crippen molar-refractivity contribution < 1.29 is 9.90 Å². The number of hydrogen-bond donors (Lipinski definition) is 1. The van der Waals surface area contributed by atoms with Crippen molar-refractivity contribution in [1.29, 1.82) is 0 Å². The number of nitrogens with zero attached hydrogens (tertiary/aromatic N) is 2. The van der Waals surface area contributed by atoms with Gasteiger partial charge < -0.3 is 5.11 Å². The van der Waals surface area contributed by atoms with E-state index in [1.807, 2.05) is 36.4 Å². The Hall–Kier alpha value is -2.79. The summed E-state index contributed by atoms with van der Waals surface area (Å²) in [5.74, 6) is -0.187. The summed E-state index contributed by atoms with van der Waals surface area (Å²) in [4.78, 5) is 20.1. The molecular weight excluding hydrogens is 308 g/mol. The Kier molecular flexibility index (Phi) is 3.09. The smallest absolute Gasteiger partial charge is 0.243 e. The molecule has 5 heteroatoms. The van der Waals surface area contributed by atoms with Crippen molar-refractivity contribution in [3.8, 4) is 5.75 Å². The number of benzene rings is 3. The quantitative estimate of drug-likeness (QED) is 0.396. The van der Waals surface area contributed by atoms with Crippen LogP contribution in [0.2, 0.25) is 0 Å². The molecule has 1 aromatic heterocycles. The van der Waals surface area contributed by atoms with E-state index in [9.17, 15) is 9.90 Å². The van der Waals surface area contributed by atoms with Crippen LogP contribution in [0.1, 0.15) is 6.92 Å². The third kappa shape index (κ3) is 2.26. The van der Waals surface area contributed by atoms with Gasteiger partial charge in [-0.25, -0.2) is 9.98 Å². The molecule has 0 saturated heterocycles. The fourth-order valence-corrected chi connectivity index (χ4v) is 3.76. The molecule has 0 aliphatic carbocycles. The lowest BCUT2D eigenvalue weighted by molar-refractivity contribution is -0.116. The van der Waals surface area contributed by atoms with Crippen molar-refractivity contribution >= 4 is 48.4 Å². The Morgan fingerprint density at radius 1 is 1.13 bits per heavy atom. The number of aromatic hydroxyl groups is 1. The summed E-state index contributed by atoms with van der Waals surface area (Å²) < 4.78 is 1.96. The van der Waals surface area contributed by atoms with Crippen LogP contribution >= 0.6 is 11.3 Å². The average Bonchev–Trinajstić information content (AvgIpc) is 2.53. The maximum Gasteiger partial charge on any atom is 0.243 e. The van der Waals surface area contributed by atoms with E-state index in [-0.39, 0.29) is 11.7 Å². The topological polar surface area (TPSA) is 62.5 Å². The molecule has 4 rings (SSSR count). The lowest BCUT2D eigenvalue weighted by atomic mass is 10.1. The molecule has 1 heterocycles. The number of fused-ring (bicyclic) bond motifs is 4. The van der Waals surface area contributed by atoms with Crippen molar-refractivity contribution in [1.82, 2.24) is 4.98 Å². The Labute approximate surface area is 135 Å². The lowest BCUT2D eigenvalue weighted by Crippen LogP contribution is -2.05. The number of hydrogen-bond acceptors (Lipinski definition) is 4. The molecule has 0 bridgehead atoms. The molecule has 0 saturated carbocycles. The third-order valence-corrected chi connectivity index (χ3v) is 4.75. The number of carbonyl (C=O) groups excluding carboxylic acids is 1. The van der Waals surface area contributed by atoms with Gasteiger partial charge in [0.1, 0.15) is 5.75 Å². The molecule has 0 atom stereocenters. The standard InChI is InChI=1S/C18H12N2O2S/c1-10(21)19-13-7-4-5-11-17(13)14(22)9-16-18(11)20-12-6-2-3-8-15(12)23-16/h2-9,22H,1H3. The van der Waals surface area contributed by atoms with Gasteiger partial charge in [0.15, 0.2) is 0 Å². The zero-order valence-corrected chi connectivity index (χ0v) is 13.1. The van der Waals surface area contributed by atoms with Crippen molar-refractivity contribution in [3.05, 3.63) is 53.9 Å². The fourth-order valence-electron chi connectivity index (χ4n) is 2.73. The Morgan fingerprint density at radius 2 is 1.96 bits per heavy atom. The summed E-state index contributed by atoms with van der Waals surface area (Å²) in [7, 11) is 0. The maximum absolute atomic E-state index is 11.3. The highest BCUT2D eigenvalue weighted by Crippen LogP contribution is 2.34. The second kappa shape index (κ2) is 5.14. The van der Waals surface area contributed by atoms with E-state index < -0.39 is 0 Å². The van der Waals surface area contributed by atoms with Gasteiger partial charge in [-0.15, -0.1) is 11.3 Å². The van der Waals surface area contributed by atoms with Gasteiger partial charge in [0.2, 0.25) is 5.91 Å². The first-order valence-electron chi connectivity index (χ1n) is 7.13. The van der Waals surface area contributed by atoms with Gasteiger partial charge in [-0.2, -0.15) is 0 Å². The van der Waals surface area contributed by atoms with Gasteiger partial charge in [0.05, 0.1) is 31.2 Å². The summed E-state index contributed by atoms with van der Waals surface area (Å²) in [6.45, 7) is 1.39. The average molecular weight is 320 g/mol. The lowest BCUT2D eigenvalue weighted by Gasteiger charge is -2.07. The number of rotatable bonds is 0. The number of phenols is 1. The van der Waals surface area contributed by atoms with Gasteiger partial charge in [0.25, 0.3) is 0 Å². The van der Waals surface area contributed by atoms with Crippen LogP contribution < -0.4 is 5.36 Å². The largest absolute Gasteiger partial charge is 0.507 e. The molecule has 112 valence electrons. The normalized spacial score (nSPS) is 12.3.